The van der Waals surface area contributed by atoms with Crippen LogP contribution in [0.2, 0.25) is 27.2 Å². The molecule has 2 saturated heterocycles. The smallest absolute Gasteiger partial charge is 0.335 e. The van der Waals surface area contributed by atoms with E-state index in [1.165, 1.54) is 6.33 Å². The summed E-state index contributed by atoms with van der Waals surface area (Å²) in [4.78, 5) is 31.1. The molecule has 0 aromatic carbocycles. The average Bonchev–Trinajstić information content (AvgIpc) is 3.49. The van der Waals surface area contributed by atoms with Crippen LogP contribution in [0.1, 0.15) is 89.3 Å². The maximum atomic E-state index is 12.8. The predicted octanol–water partition coefficient (Wildman–Crippen LogP) is 7.34. The van der Waals surface area contributed by atoms with Crippen molar-refractivity contribution in [2.75, 3.05) is 13.2 Å². The molecule has 2 N–H and O–H groups in total. The molecule has 16 heteroatoms. The Kier molecular flexibility index (Phi) is 12.8. The first-order chi connectivity index (χ1) is 22.4. The lowest BCUT2D eigenvalue weighted by Gasteiger charge is -2.51. The lowest BCUT2D eigenvalue weighted by atomic mass is 9.87. The van der Waals surface area contributed by atoms with E-state index in [0.29, 0.717) is 5.65 Å². The third-order valence-corrected chi connectivity index (χ3v) is 22.1. The molecule has 4 heterocycles. The highest BCUT2D eigenvalue weighted by Gasteiger charge is 2.62. The fourth-order valence-corrected chi connectivity index (χ4v) is 20.3. The Hall–Kier alpha value is -1.22. The topological polar surface area (TPSA) is 144 Å². The van der Waals surface area contributed by atoms with Crippen molar-refractivity contribution in [2.45, 2.75) is 136 Å². The van der Waals surface area contributed by atoms with E-state index in [2.05, 4.69) is 71.4 Å². The van der Waals surface area contributed by atoms with Gasteiger partial charge in [-0.3, -0.25) is 4.79 Å². The van der Waals surface area contributed by atoms with Crippen molar-refractivity contribution in [2.24, 2.45) is 11.8 Å². The third kappa shape index (κ3) is 7.25. The Balaban J connectivity index is 1.88. The molecule has 0 radical (unpaired) electrons. The van der Waals surface area contributed by atoms with Crippen LogP contribution in [0.5, 0.6) is 0 Å². The second kappa shape index (κ2) is 15.6. The van der Waals surface area contributed by atoms with Gasteiger partial charge in [0.15, 0.2) is 5.65 Å². The van der Waals surface area contributed by atoms with E-state index >= 15 is 0 Å². The first-order valence-electron chi connectivity index (χ1n) is 17.1. The van der Waals surface area contributed by atoms with Gasteiger partial charge in [0.1, 0.15) is 17.7 Å². The number of ether oxygens (including phenoxy) is 1. The van der Waals surface area contributed by atoms with Crippen molar-refractivity contribution in [3.63, 3.8) is 0 Å². The van der Waals surface area contributed by atoms with Crippen molar-refractivity contribution in [3.8, 4) is 6.07 Å². The van der Waals surface area contributed by atoms with Gasteiger partial charge in [-0.1, -0.05) is 67.0 Å². The number of nitrogens with zero attached hydrogens (tertiary/aromatic N) is 4. The average molecular weight is 744 g/mol. The fraction of sp³-hybridized carbons (Fsp3) is 0.781. The standard InChI is InChI=1S/C32H55ClN5O7PSi2/c1-18(2)38(19(3)4)46(40)41-15-24(13-34)27-29-26(43-32(27)37-14-25(33)28-30(37)35-17-36-31(28)39)16-42-47(20(5)6,21(7)8)45-48(44-29,22(9)10)23(11)12/h14,17-24,26-27,29,32,40H,15-16H2,1-12H3,(H,35,36,39)/t24?,26-,27-,29+,32-,46?/m1/s1. The molecular weight excluding hydrogens is 689 g/mol. The van der Waals surface area contributed by atoms with Gasteiger partial charge in [0, 0.05) is 18.3 Å². The zero-order valence-electron chi connectivity index (χ0n) is 30.4. The number of fused-ring (bicyclic) bond motifs is 2. The Morgan fingerprint density at radius 3 is 2.19 bits per heavy atom. The van der Waals surface area contributed by atoms with E-state index in [4.69, 9.17) is 33.8 Å². The molecule has 0 bridgehead atoms. The maximum Gasteiger partial charge on any atom is 0.335 e. The van der Waals surface area contributed by atoms with Crippen LogP contribution in [0.4, 0.5) is 0 Å². The highest BCUT2D eigenvalue weighted by Crippen LogP contribution is 2.52. The maximum absolute atomic E-state index is 12.8. The summed E-state index contributed by atoms with van der Waals surface area (Å²) in [6, 6.07) is 2.54. The summed E-state index contributed by atoms with van der Waals surface area (Å²) in [5.41, 5.74) is 0.361. The summed E-state index contributed by atoms with van der Waals surface area (Å²) in [6.07, 6.45) is 0.961. The lowest BCUT2D eigenvalue weighted by Crippen LogP contribution is -2.65. The molecule has 0 saturated carbocycles. The molecule has 12 nitrogen and oxygen atoms in total. The van der Waals surface area contributed by atoms with Crippen molar-refractivity contribution in [3.05, 3.63) is 27.9 Å². The van der Waals surface area contributed by atoms with Gasteiger partial charge in [0.05, 0.1) is 48.6 Å². The van der Waals surface area contributed by atoms with Crippen molar-refractivity contribution >= 4 is 48.3 Å². The van der Waals surface area contributed by atoms with E-state index in [0.717, 1.165) is 0 Å². The zero-order chi connectivity index (χ0) is 35.9. The molecule has 2 aliphatic heterocycles. The number of nitrogens with one attached hydrogen (secondary N) is 1. The van der Waals surface area contributed by atoms with Crippen LogP contribution < -0.4 is 5.56 Å². The van der Waals surface area contributed by atoms with Gasteiger partial charge in [0.2, 0.25) is 0 Å². The van der Waals surface area contributed by atoms with Crippen LogP contribution in [0, 0.1) is 23.2 Å². The second-order valence-electron chi connectivity index (χ2n) is 14.9. The van der Waals surface area contributed by atoms with Crippen LogP contribution in [-0.2, 0) is 22.2 Å². The number of aromatic amines is 1. The zero-order valence-corrected chi connectivity index (χ0v) is 34.1. The molecule has 4 rings (SSSR count). The van der Waals surface area contributed by atoms with E-state index in [1.54, 1.807) is 10.8 Å². The van der Waals surface area contributed by atoms with Gasteiger partial charge in [-0.25, -0.2) is 9.65 Å². The van der Waals surface area contributed by atoms with Gasteiger partial charge in [-0.15, -0.1) is 0 Å². The first kappa shape index (κ1) is 39.6. The van der Waals surface area contributed by atoms with Gasteiger partial charge >= 0.3 is 17.1 Å². The third-order valence-electron chi connectivity index (χ3n) is 9.82. The van der Waals surface area contributed by atoms with E-state index in [9.17, 15) is 14.9 Å². The number of H-pyrrole nitrogens is 1. The number of aromatic nitrogens is 3. The molecule has 2 aromatic rings. The number of rotatable bonds is 12. The number of hydrogen-bond donors (Lipinski definition) is 2. The largest absolute Gasteiger partial charge is 0.414 e. The summed E-state index contributed by atoms with van der Waals surface area (Å²) in [7, 11) is -7.95. The van der Waals surface area contributed by atoms with Gasteiger partial charge in [-0.05, 0) is 49.9 Å². The summed E-state index contributed by atoms with van der Waals surface area (Å²) in [6.45, 7) is 25.4. The molecule has 0 spiro atoms. The Morgan fingerprint density at radius 1 is 1.08 bits per heavy atom. The summed E-state index contributed by atoms with van der Waals surface area (Å²) < 4.78 is 38.5. The molecule has 6 atom stereocenters. The molecule has 2 unspecified atom stereocenters. The quantitative estimate of drug-likeness (QED) is 0.167. The van der Waals surface area contributed by atoms with Crippen LogP contribution in [0.25, 0.3) is 11.0 Å². The molecule has 2 aromatic heterocycles. The lowest BCUT2D eigenvalue weighted by molar-refractivity contribution is -0.0553. The van der Waals surface area contributed by atoms with Gasteiger partial charge in [0.25, 0.3) is 14.1 Å². The van der Waals surface area contributed by atoms with Gasteiger partial charge < -0.3 is 36.7 Å². The Bertz CT molecular complexity index is 1480. The predicted molar refractivity (Wildman–Crippen MR) is 193 cm³/mol. The SMILES string of the molecule is CC(C)N(C(C)C)P(O)OCC(C#N)[C@@H]1[C@H]2O[Si](C(C)C)(C(C)C)O[Si](C(C)C)(C(C)C)OC[C@H]2O[C@H]1n1cc(Cl)c2c(=O)[nH]cnc21. The van der Waals surface area contributed by atoms with E-state index in [-0.39, 0.29) is 63.4 Å². The Labute approximate surface area is 293 Å². The van der Waals surface area contributed by atoms with Crippen LogP contribution >= 0.6 is 20.1 Å². The fourth-order valence-electron chi connectivity index (χ4n) is 7.55. The van der Waals surface area contributed by atoms with Crippen LogP contribution in [0.15, 0.2) is 17.3 Å². The summed E-state index contributed by atoms with van der Waals surface area (Å²) in [5, 5.41) is 11.3. The van der Waals surface area contributed by atoms with Gasteiger partial charge in [-0.2, -0.15) is 5.26 Å². The van der Waals surface area contributed by atoms with Crippen LogP contribution in [-0.4, -0.2) is 78.7 Å². The molecule has 2 fully saturated rings. The highest BCUT2D eigenvalue weighted by molar-refractivity contribution is 7.43. The number of hydrogen-bond acceptors (Lipinski definition) is 10. The number of halogens is 1. The Morgan fingerprint density at radius 2 is 1.67 bits per heavy atom. The first-order valence-corrected chi connectivity index (χ1v) is 22.6. The molecule has 0 amide bonds. The van der Waals surface area contributed by atoms with Crippen molar-refractivity contribution < 1.29 is 27.1 Å². The molecule has 2 aliphatic rings. The minimum atomic E-state index is -3.10. The monoisotopic (exact) mass is 743 g/mol. The molecule has 48 heavy (non-hydrogen) atoms. The van der Waals surface area contributed by atoms with Crippen molar-refractivity contribution in [1.82, 2.24) is 19.2 Å². The molecule has 0 aliphatic carbocycles. The summed E-state index contributed by atoms with van der Waals surface area (Å²) >= 11 is 6.63. The molecular formula is C32H55ClN5O7PSi2. The van der Waals surface area contributed by atoms with Crippen molar-refractivity contribution in [1.29, 1.82) is 5.26 Å². The second-order valence-corrected chi connectivity index (χ2v) is 25.3. The number of nitriles is 1. The summed E-state index contributed by atoms with van der Waals surface area (Å²) in [5.74, 6) is -1.41. The van der Waals surface area contributed by atoms with Crippen LogP contribution in [0.3, 0.4) is 0 Å². The van der Waals surface area contributed by atoms with E-state index in [1.807, 2.05) is 32.4 Å². The minimum Gasteiger partial charge on any atom is -0.414 e. The normalized spacial score (nSPS) is 25.8. The highest BCUT2D eigenvalue weighted by atomic mass is 35.5. The minimum absolute atomic E-state index is 0.0319. The van der Waals surface area contributed by atoms with E-state index < -0.39 is 55.9 Å². The molecule has 270 valence electrons.